The van der Waals surface area contributed by atoms with Gasteiger partial charge >= 0.3 is 6.09 Å². The number of carbonyl (C=O) groups excluding carboxylic acids is 1. The van der Waals surface area contributed by atoms with Crippen LogP contribution in [0.25, 0.3) is 0 Å². The van der Waals surface area contributed by atoms with Gasteiger partial charge in [-0.15, -0.1) is 0 Å². The minimum Gasteiger partial charge on any atom is -0.508 e. The van der Waals surface area contributed by atoms with Gasteiger partial charge in [0.25, 0.3) is 0 Å². The Morgan fingerprint density at radius 3 is 2.46 bits per heavy atom. The fourth-order valence-corrected chi connectivity index (χ4v) is 2.69. The molecule has 0 bridgehead atoms. The molecule has 5 nitrogen and oxygen atoms in total. The van der Waals surface area contributed by atoms with Gasteiger partial charge in [-0.3, -0.25) is 0 Å². The van der Waals surface area contributed by atoms with Crippen LogP contribution in [0.5, 0.6) is 5.75 Å². The maximum absolute atomic E-state index is 13.9. The van der Waals surface area contributed by atoms with Crippen LogP contribution in [0, 0.1) is 5.82 Å². The van der Waals surface area contributed by atoms with Crippen LogP contribution in [0.1, 0.15) is 5.56 Å². The van der Waals surface area contributed by atoms with Crippen molar-refractivity contribution in [3.05, 3.63) is 59.9 Å². The number of amides is 1. The molecule has 1 fully saturated rings. The Morgan fingerprint density at radius 1 is 1.08 bits per heavy atom. The van der Waals surface area contributed by atoms with E-state index in [2.05, 4.69) is 0 Å². The first kappa shape index (κ1) is 16.1. The fraction of sp³-hybridized carbons (Fsp3) is 0.278. The number of piperazine rings is 1. The molecule has 1 aliphatic rings. The molecule has 6 heteroatoms. The molecule has 1 aliphatic heterocycles. The van der Waals surface area contributed by atoms with E-state index in [4.69, 9.17) is 4.74 Å². The van der Waals surface area contributed by atoms with Crippen LogP contribution < -0.4 is 4.90 Å². The molecule has 0 aromatic heterocycles. The minimum absolute atomic E-state index is 0.0978. The number of benzene rings is 2. The van der Waals surface area contributed by atoms with Crippen molar-refractivity contribution in [1.29, 1.82) is 0 Å². The minimum atomic E-state index is -0.463. The lowest BCUT2D eigenvalue weighted by Crippen LogP contribution is -2.49. The smallest absolute Gasteiger partial charge is 0.410 e. The average molecular weight is 330 g/mol. The number of ether oxygens (including phenoxy) is 1. The quantitative estimate of drug-likeness (QED) is 0.940. The number of hydrogen-bond acceptors (Lipinski definition) is 4. The van der Waals surface area contributed by atoms with Crippen molar-refractivity contribution in [3.8, 4) is 5.75 Å². The van der Waals surface area contributed by atoms with Gasteiger partial charge in [0, 0.05) is 32.2 Å². The number of nitrogens with zero attached hydrogens (tertiary/aromatic N) is 2. The van der Waals surface area contributed by atoms with E-state index in [1.54, 1.807) is 11.0 Å². The third-order valence-electron chi connectivity index (χ3n) is 4.01. The fourth-order valence-electron chi connectivity index (χ4n) is 2.69. The SMILES string of the molecule is O=C(OCc1ccccc1)N1CCN(c2ccc(O)cc2F)CC1. The molecule has 1 heterocycles. The average Bonchev–Trinajstić information content (AvgIpc) is 2.61. The summed E-state index contributed by atoms with van der Waals surface area (Å²) in [6.45, 7) is 2.21. The first-order valence-corrected chi connectivity index (χ1v) is 7.82. The summed E-state index contributed by atoms with van der Waals surface area (Å²) in [7, 11) is 0. The van der Waals surface area contributed by atoms with Crippen molar-refractivity contribution in [3.63, 3.8) is 0 Å². The Balaban J connectivity index is 1.52. The number of hydrogen-bond donors (Lipinski definition) is 1. The van der Waals surface area contributed by atoms with Crippen molar-refractivity contribution >= 4 is 11.8 Å². The van der Waals surface area contributed by atoms with Gasteiger partial charge in [-0.2, -0.15) is 0 Å². The van der Waals surface area contributed by atoms with Crippen LogP contribution >= 0.6 is 0 Å². The lowest BCUT2D eigenvalue weighted by Gasteiger charge is -2.35. The lowest BCUT2D eigenvalue weighted by atomic mass is 10.2. The number of aromatic hydroxyl groups is 1. The Morgan fingerprint density at radius 2 is 1.79 bits per heavy atom. The predicted molar refractivity (Wildman–Crippen MR) is 88.5 cm³/mol. The molecule has 1 saturated heterocycles. The van der Waals surface area contributed by atoms with Gasteiger partial charge in [0.05, 0.1) is 5.69 Å². The summed E-state index contributed by atoms with van der Waals surface area (Å²) in [5, 5.41) is 9.28. The number of phenolic OH excluding ortho intramolecular Hbond substituents is 1. The molecule has 0 spiro atoms. The molecule has 0 unspecified atom stereocenters. The van der Waals surface area contributed by atoms with Gasteiger partial charge in [0.2, 0.25) is 0 Å². The zero-order chi connectivity index (χ0) is 16.9. The molecule has 1 N–H and O–H groups in total. The number of carbonyl (C=O) groups is 1. The van der Waals surface area contributed by atoms with Crippen LogP contribution in [0.2, 0.25) is 0 Å². The lowest BCUT2D eigenvalue weighted by molar-refractivity contribution is 0.0941. The molecule has 3 rings (SSSR count). The summed E-state index contributed by atoms with van der Waals surface area (Å²) in [5.74, 6) is -0.561. The highest BCUT2D eigenvalue weighted by molar-refractivity contribution is 5.68. The van der Waals surface area contributed by atoms with E-state index in [1.165, 1.54) is 6.07 Å². The predicted octanol–water partition coefficient (Wildman–Crippen LogP) is 2.99. The van der Waals surface area contributed by atoms with Crippen molar-refractivity contribution in [2.75, 3.05) is 31.1 Å². The van der Waals surface area contributed by atoms with Gasteiger partial charge in [-0.1, -0.05) is 30.3 Å². The van der Waals surface area contributed by atoms with Crippen molar-refractivity contribution < 1.29 is 19.0 Å². The number of rotatable bonds is 3. The molecule has 0 radical (unpaired) electrons. The summed E-state index contributed by atoms with van der Waals surface area (Å²) in [6.07, 6.45) is -0.357. The largest absolute Gasteiger partial charge is 0.508 e. The molecule has 24 heavy (non-hydrogen) atoms. The van der Waals surface area contributed by atoms with Gasteiger partial charge in [-0.05, 0) is 17.7 Å². The van der Waals surface area contributed by atoms with E-state index in [1.807, 2.05) is 35.2 Å². The monoisotopic (exact) mass is 330 g/mol. The summed E-state index contributed by atoms with van der Waals surface area (Å²) in [6, 6.07) is 13.6. The van der Waals surface area contributed by atoms with Crippen LogP contribution in [0.15, 0.2) is 48.5 Å². The third kappa shape index (κ3) is 3.76. The zero-order valence-corrected chi connectivity index (χ0v) is 13.2. The first-order chi connectivity index (χ1) is 11.6. The summed E-state index contributed by atoms with van der Waals surface area (Å²) >= 11 is 0. The topological polar surface area (TPSA) is 53.0 Å². The van der Waals surface area contributed by atoms with Crippen LogP contribution in [-0.2, 0) is 11.3 Å². The summed E-state index contributed by atoms with van der Waals surface area (Å²) < 4.78 is 19.2. The molecular formula is C18H19FN2O3. The van der Waals surface area contributed by atoms with Gasteiger partial charge in [-0.25, -0.2) is 9.18 Å². The highest BCUT2D eigenvalue weighted by Gasteiger charge is 2.23. The van der Waals surface area contributed by atoms with Crippen LogP contribution in [0.3, 0.4) is 0 Å². The summed E-state index contributed by atoms with van der Waals surface area (Å²) in [5.41, 5.74) is 1.38. The molecule has 1 amide bonds. The third-order valence-corrected chi connectivity index (χ3v) is 4.01. The molecular weight excluding hydrogens is 311 g/mol. The summed E-state index contributed by atoms with van der Waals surface area (Å²) in [4.78, 5) is 15.6. The molecule has 126 valence electrons. The van der Waals surface area contributed by atoms with E-state index in [0.717, 1.165) is 11.6 Å². The van der Waals surface area contributed by atoms with E-state index >= 15 is 0 Å². The van der Waals surface area contributed by atoms with Gasteiger partial charge in [0.1, 0.15) is 18.2 Å². The van der Waals surface area contributed by atoms with Crippen molar-refractivity contribution in [1.82, 2.24) is 4.90 Å². The molecule has 2 aromatic carbocycles. The number of halogens is 1. The van der Waals surface area contributed by atoms with E-state index in [0.29, 0.717) is 31.9 Å². The zero-order valence-electron chi connectivity index (χ0n) is 13.2. The van der Waals surface area contributed by atoms with Crippen molar-refractivity contribution in [2.24, 2.45) is 0 Å². The second-order valence-electron chi connectivity index (χ2n) is 5.65. The molecule has 0 saturated carbocycles. The number of phenols is 1. The molecule has 0 aliphatic carbocycles. The first-order valence-electron chi connectivity index (χ1n) is 7.82. The van der Waals surface area contributed by atoms with Gasteiger partial charge < -0.3 is 19.6 Å². The van der Waals surface area contributed by atoms with E-state index in [-0.39, 0.29) is 18.4 Å². The van der Waals surface area contributed by atoms with Crippen molar-refractivity contribution in [2.45, 2.75) is 6.61 Å². The second kappa shape index (κ2) is 7.21. The van der Waals surface area contributed by atoms with Crippen LogP contribution in [-0.4, -0.2) is 42.3 Å². The van der Waals surface area contributed by atoms with Crippen LogP contribution in [0.4, 0.5) is 14.9 Å². The Labute approximate surface area is 139 Å². The van der Waals surface area contributed by atoms with E-state index < -0.39 is 5.82 Å². The molecule has 0 atom stereocenters. The Bertz CT molecular complexity index is 701. The second-order valence-corrected chi connectivity index (χ2v) is 5.65. The van der Waals surface area contributed by atoms with Gasteiger partial charge in [0.15, 0.2) is 0 Å². The Hall–Kier alpha value is -2.76. The standard InChI is InChI=1S/C18H19FN2O3/c19-16-12-15(22)6-7-17(16)20-8-10-21(11-9-20)18(23)24-13-14-4-2-1-3-5-14/h1-7,12,22H,8-11,13H2. The maximum atomic E-state index is 13.9. The molecule has 2 aromatic rings. The van der Waals surface area contributed by atoms with E-state index in [9.17, 15) is 14.3 Å². The Kier molecular flexibility index (Phi) is 4.84. The maximum Gasteiger partial charge on any atom is 0.410 e. The highest BCUT2D eigenvalue weighted by Crippen LogP contribution is 2.24. The highest BCUT2D eigenvalue weighted by atomic mass is 19.1. The normalized spacial score (nSPS) is 14.5. The number of anilines is 1.